The quantitative estimate of drug-likeness (QED) is 0.874. The van der Waals surface area contributed by atoms with Crippen molar-refractivity contribution in [2.75, 3.05) is 11.6 Å². The lowest BCUT2D eigenvalue weighted by atomic mass is 10.1. The first-order chi connectivity index (χ1) is 11.3. The van der Waals surface area contributed by atoms with Crippen LogP contribution in [0.2, 0.25) is 0 Å². The molecule has 2 aromatic rings. The predicted octanol–water partition coefficient (Wildman–Crippen LogP) is 3.17. The average molecular weight is 346 g/mol. The van der Waals surface area contributed by atoms with Crippen LogP contribution in [0, 0.1) is 0 Å². The third kappa shape index (κ3) is 4.91. The molecule has 0 bridgehead atoms. The first-order valence-electron chi connectivity index (χ1n) is 7.65. The van der Waals surface area contributed by atoms with E-state index in [9.17, 15) is 13.2 Å². The van der Waals surface area contributed by atoms with Crippen molar-refractivity contribution in [1.82, 2.24) is 4.31 Å². The van der Waals surface area contributed by atoms with Crippen molar-refractivity contribution < 1.29 is 13.2 Å². The number of benzene rings is 2. The van der Waals surface area contributed by atoms with E-state index in [1.807, 2.05) is 43.3 Å². The fourth-order valence-electron chi connectivity index (χ4n) is 2.55. The van der Waals surface area contributed by atoms with Gasteiger partial charge in [-0.2, -0.15) is 4.31 Å². The topological polar surface area (TPSA) is 66.5 Å². The number of carbonyl (C=O) groups is 1. The predicted molar refractivity (Wildman–Crippen MR) is 96.0 cm³/mol. The normalized spacial score (nSPS) is 12.8. The van der Waals surface area contributed by atoms with Gasteiger partial charge < -0.3 is 5.32 Å². The zero-order valence-electron chi connectivity index (χ0n) is 14.1. The van der Waals surface area contributed by atoms with Crippen LogP contribution < -0.4 is 5.32 Å². The summed E-state index contributed by atoms with van der Waals surface area (Å²) in [6.45, 7) is 3.58. The number of rotatable bonds is 6. The van der Waals surface area contributed by atoms with Gasteiger partial charge in [0.25, 0.3) is 0 Å². The van der Waals surface area contributed by atoms with Gasteiger partial charge in [0, 0.05) is 25.2 Å². The average Bonchev–Trinajstić information content (AvgIpc) is 2.51. The third-order valence-electron chi connectivity index (χ3n) is 3.73. The van der Waals surface area contributed by atoms with E-state index in [-0.39, 0.29) is 11.9 Å². The SMILES string of the molecule is CC(=O)Nc1cccc(C(C)N(Cc2ccccc2)S(C)(=O)=O)c1. The summed E-state index contributed by atoms with van der Waals surface area (Å²) in [5.74, 6) is -0.163. The van der Waals surface area contributed by atoms with Crippen molar-refractivity contribution in [3.63, 3.8) is 0 Å². The zero-order chi connectivity index (χ0) is 17.7. The number of nitrogens with zero attached hydrogens (tertiary/aromatic N) is 1. The lowest BCUT2D eigenvalue weighted by Gasteiger charge is -2.27. The Hall–Kier alpha value is -2.18. The van der Waals surface area contributed by atoms with Crippen LogP contribution in [0.5, 0.6) is 0 Å². The largest absolute Gasteiger partial charge is 0.326 e. The number of hydrogen-bond acceptors (Lipinski definition) is 3. The molecule has 0 fully saturated rings. The molecule has 0 saturated heterocycles. The molecule has 2 aromatic carbocycles. The van der Waals surface area contributed by atoms with Gasteiger partial charge in [0.1, 0.15) is 0 Å². The Morgan fingerprint density at radius 3 is 2.38 bits per heavy atom. The summed E-state index contributed by atoms with van der Waals surface area (Å²) >= 11 is 0. The maximum Gasteiger partial charge on any atom is 0.221 e. The molecule has 0 aromatic heterocycles. The van der Waals surface area contributed by atoms with Crippen LogP contribution in [0.4, 0.5) is 5.69 Å². The van der Waals surface area contributed by atoms with Crippen LogP contribution in [0.15, 0.2) is 54.6 Å². The van der Waals surface area contributed by atoms with Gasteiger partial charge in [-0.3, -0.25) is 4.79 Å². The Kier molecular flexibility index (Phi) is 5.75. The first-order valence-corrected chi connectivity index (χ1v) is 9.50. The molecule has 0 radical (unpaired) electrons. The van der Waals surface area contributed by atoms with Gasteiger partial charge in [-0.25, -0.2) is 8.42 Å². The number of amides is 1. The summed E-state index contributed by atoms with van der Waals surface area (Å²) in [6, 6.07) is 16.4. The Labute approximate surface area is 143 Å². The lowest BCUT2D eigenvalue weighted by Crippen LogP contribution is -2.32. The molecule has 2 rings (SSSR count). The van der Waals surface area contributed by atoms with Crippen molar-refractivity contribution in [3.8, 4) is 0 Å². The lowest BCUT2D eigenvalue weighted by molar-refractivity contribution is -0.114. The molecule has 1 atom stereocenters. The third-order valence-corrected chi connectivity index (χ3v) is 5.03. The van der Waals surface area contributed by atoms with Crippen molar-refractivity contribution in [2.45, 2.75) is 26.4 Å². The van der Waals surface area contributed by atoms with E-state index in [2.05, 4.69) is 5.32 Å². The smallest absolute Gasteiger partial charge is 0.221 e. The van der Waals surface area contributed by atoms with Crippen molar-refractivity contribution in [1.29, 1.82) is 0 Å². The number of sulfonamides is 1. The number of carbonyl (C=O) groups excluding carboxylic acids is 1. The van der Waals surface area contributed by atoms with Crippen molar-refractivity contribution in [3.05, 3.63) is 65.7 Å². The van der Waals surface area contributed by atoms with Crippen molar-refractivity contribution in [2.24, 2.45) is 0 Å². The minimum absolute atomic E-state index is 0.163. The first kappa shape index (κ1) is 18.2. The van der Waals surface area contributed by atoms with Crippen LogP contribution >= 0.6 is 0 Å². The van der Waals surface area contributed by atoms with Gasteiger partial charge in [0.05, 0.1) is 6.26 Å². The molecule has 6 heteroatoms. The highest BCUT2D eigenvalue weighted by molar-refractivity contribution is 7.88. The molecule has 1 amide bonds. The molecular formula is C18H22N2O3S. The standard InChI is InChI=1S/C18H22N2O3S/c1-14(17-10-7-11-18(12-17)19-15(2)21)20(24(3,22)23)13-16-8-5-4-6-9-16/h4-12,14H,13H2,1-3H3,(H,19,21). The van der Waals surface area contributed by atoms with E-state index in [4.69, 9.17) is 0 Å². The highest BCUT2D eigenvalue weighted by Crippen LogP contribution is 2.27. The van der Waals surface area contributed by atoms with E-state index in [0.29, 0.717) is 12.2 Å². The molecule has 0 aliphatic heterocycles. The summed E-state index contributed by atoms with van der Waals surface area (Å²) in [6.07, 6.45) is 1.21. The summed E-state index contributed by atoms with van der Waals surface area (Å²) in [4.78, 5) is 11.2. The van der Waals surface area contributed by atoms with Gasteiger partial charge in [-0.05, 0) is 30.2 Å². The van der Waals surface area contributed by atoms with E-state index >= 15 is 0 Å². The second-order valence-electron chi connectivity index (χ2n) is 5.78. The molecule has 0 aliphatic rings. The van der Waals surface area contributed by atoms with Gasteiger partial charge >= 0.3 is 0 Å². The highest BCUT2D eigenvalue weighted by Gasteiger charge is 2.25. The molecule has 5 nitrogen and oxygen atoms in total. The molecule has 0 heterocycles. The molecule has 1 unspecified atom stereocenters. The van der Waals surface area contributed by atoms with E-state index < -0.39 is 10.0 Å². The van der Waals surface area contributed by atoms with Gasteiger partial charge in [-0.1, -0.05) is 42.5 Å². The summed E-state index contributed by atoms with van der Waals surface area (Å²) in [7, 11) is -3.40. The summed E-state index contributed by atoms with van der Waals surface area (Å²) < 4.78 is 26.0. The van der Waals surface area contributed by atoms with E-state index in [1.165, 1.54) is 17.5 Å². The van der Waals surface area contributed by atoms with Crippen LogP contribution in [0.25, 0.3) is 0 Å². The maximum atomic E-state index is 12.3. The van der Waals surface area contributed by atoms with Gasteiger partial charge in [0.2, 0.25) is 15.9 Å². The minimum Gasteiger partial charge on any atom is -0.326 e. The van der Waals surface area contributed by atoms with Crippen LogP contribution in [-0.4, -0.2) is 24.9 Å². The van der Waals surface area contributed by atoms with Crippen LogP contribution in [-0.2, 0) is 21.4 Å². The fourth-order valence-corrected chi connectivity index (χ4v) is 3.63. The summed E-state index contributed by atoms with van der Waals surface area (Å²) in [5.41, 5.74) is 2.40. The second kappa shape index (κ2) is 7.59. The molecule has 0 spiro atoms. The number of nitrogens with one attached hydrogen (secondary N) is 1. The fraction of sp³-hybridized carbons (Fsp3) is 0.278. The molecular weight excluding hydrogens is 324 g/mol. The molecule has 0 saturated carbocycles. The van der Waals surface area contributed by atoms with Gasteiger partial charge in [0.15, 0.2) is 0 Å². The Bertz CT molecular complexity index is 804. The molecule has 1 N–H and O–H groups in total. The zero-order valence-corrected chi connectivity index (χ0v) is 14.9. The van der Waals surface area contributed by atoms with Crippen LogP contribution in [0.3, 0.4) is 0 Å². The number of anilines is 1. The molecule has 128 valence electrons. The van der Waals surface area contributed by atoms with E-state index in [0.717, 1.165) is 11.1 Å². The maximum absolute atomic E-state index is 12.3. The number of hydrogen-bond donors (Lipinski definition) is 1. The Morgan fingerprint density at radius 1 is 1.12 bits per heavy atom. The van der Waals surface area contributed by atoms with E-state index in [1.54, 1.807) is 18.2 Å². The molecule has 0 aliphatic carbocycles. The Morgan fingerprint density at radius 2 is 1.79 bits per heavy atom. The monoisotopic (exact) mass is 346 g/mol. The molecule has 24 heavy (non-hydrogen) atoms. The minimum atomic E-state index is -3.40. The van der Waals surface area contributed by atoms with Gasteiger partial charge in [-0.15, -0.1) is 0 Å². The second-order valence-corrected chi connectivity index (χ2v) is 7.71. The van der Waals surface area contributed by atoms with Crippen molar-refractivity contribution >= 4 is 21.6 Å². The van der Waals surface area contributed by atoms with Crippen LogP contribution in [0.1, 0.15) is 31.0 Å². The Balaban J connectivity index is 2.31. The highest BCUT2D eigenvalue weighted by atomic mass is 32.2. The summed E-state index contributed by atoms with van der Waals surface area (Å²) in [5, 5.41) is 2.72.